The summed E-state index contributed by atoms with van der Waals surface area (Å²) in [6, 6.07) is 78.8. The molecule has 0 radical (unpaired) electrons. The van der Waals surface area contributed by atoms with Gasteiger partial charge in [-0.15, -0.1) is 0 Å². The Morgan fingerprint density at radius 2 is 0.915 bits per heavy atom. The standard InChI is InChI=1S/C56H36N2O/c1-2-14-46-38(11-1)23-24-41-36-45(33-34-47(41)46)57(43-29-31-44(32-30-43)58-52-19-6-3-15-49(52)50-16-4-7-20-53(50)58)42-27-25-37(26-28-42)39-12-9-13-40(35-39)48-18-10-22-55-56(48)51-17-5-8-21-54(51)59-55/h1-36H. The predicted molar refractivity (Wildman–Crippen MR) is 249 cm³/mol. The molecule has 276 valence electrons. The summed E-state index contributed by atoms with van der Waals surface area (Å²) in [4.78, 5) is 2.37. The van der Waals surface area contributed by atoms with Crippen LogP contribution in [0.15, 0.2) is 223 Å². The fourth-order valence-corrected chi connectivity index (χ4v) is 9.22. The lowest BCUT2D eigenvalue weighted by Crippen LogP contribution is -2.10. The van der Waals surface area contributed by atoms with E-state index in [1.807, 2.05) is 12.1 Å². The van der Waals surface area contributed by atoms with Crippen LogP contribution in [0.25, 0.3) is 93.2 Å². The molecule has 2 aromatic heterocycles. The maximum absolute atomic E-state index is 6.23. The Kier molecular flexibility index (Phi) is 7.54. The van der Waals surface area contributed by atoms with E-state index in [0.717, 1.165) is 55.8 Å². The van der Waals surface area contributed by atoms with Crippen LogP contribution in [0.1, 0.15) is 0 Å². The van der Waals surface area contributed by atoms with E-state index in [9.17, 15) is 0 Å². The first-order valence-corrected chi connectivity index (χ1v) is 20.2. The van der Waals surface area contributed by atoms with Crippen LogP contribution in [0.3, 0.4) is 0 Å². The zero-order valence-electron chi connectivity index (χ0n) is 32.1. The molecule has 0 atom stereocenters. The van der Waals surface area contributed by atoms with Crippen molar-refractivity contribution in [2.75, 3.05) is 4.90 Å². The third-order valence-corrected chi connectivity index (χ3v) is 12.0. The van der Waals surface area contributed by atoms with Gasteiger partial charge in [0.1, 0.15) is 11.2 Å². The molecular weight excluding hydrogens is 717 g/mol. The molecular formula is C56H36N2O. The molecule has 2 heterocycles. The van der Waals surface area contributed by atoms with Crippen LogP contribution in [0.5, 0.6) is 0 Å². The van der Waals surface area contributed by atoms with Crippen molar-refractivity contribution < 1.29 is 4.42 Å². The van der Waals surface area contributed by atoms with E-state index in [1.165, 1.54) is 54.5 Å². The summed E-state index contributed by atoms with van der Waals surface area (Å²) in [5, 5.41) is 9.79. The van der Waals surface area contributed by atoms with Gasteiger partial charge in [0, 0.05) is 44.3 Å². The van der Waals surface area contributed by atoms with Crippen LogP contribution in [-0.2, 0) is 0 Å². The van der Waals surface area contributed by atoms with Gasteiger partial charge in [0.05, 0.1) is 11.0 Å². The number of nitrogens with zero attached hydrogens (tertiary/aromatic N) is 2. The first-order chi connectivity index (χ1) is 29.2. The molecule has 0 spiro atoms. The fraction of sp³-hybridized carbons (Fsp3) is 0. The van der Waals surface area contributed by atoms with Gasteiger partial charge in [-0.05, 0) is 123 Å². The van der Waals surface area contributed by atoms with E-state index in [2.05, 4.69) is 216 Å². The molecule has 0 bridgehead atoms. The van der Waals surface area contributed by atoms with E-state index < -0.39 is 0 Å². The van der Waals surface area contributed by atoms with Gasteiger partial charge in [-0.1, -0.05) is 140 Å². The Balaban J connectivity index is 0.960. The van der Waals surface area contributed by atoms with Crippen molar-refractivity contribution in [1.82, 2.24) is 4.57 Å². The smallest absolute Gasteiger partial charge is 0.136 e. The van der Waals surface area contributed by atoms with Gasteiger partial charge < -0.3 is 13.9 Å². The zero-order valence-corrected chi connectivity index (χ0v) is 32.1. The SMILES string of the molecule is c1cc(-c2ccc(N(c3ccc(-n4c5ccccc5c5ccccc54)cc3)c3ccc4c(ccc5ccccc54)c3)cc2)cc(-c2cccc3oc4ccccc4c23)c1. The van der Waals surface area contributed by atoms with Crippen LogP contribution in [0, 0.1) is 0 Å². The maximum atomic E-state index is 6.23. The van der Waals surface area contributed by atoms with Crippen molar-refractivity contribution in [3.05, 3.63) is 218 Å². The summed E-state index contributed by atoms with van der Waals surface area (Å²) in [5.41, 5.74) is 13.3. The van der Waals surface area contributed by atoms with Crippen LogP contribution in [0.4, 0.5) is 17.1 Å². The van der Waals surface area contributed by atoms with E-state index in [0.29, 0.717) is 0 Å². The highest BCUT2D eigenvalue weighted by Gasteiger charge is 2.17. The van der Waals surface area contributed by atoms with Gasteiger partial charge in [-0.3, -0.25) is 0 Å². The Morgan fingerprint density at radius 1 is 0.339 bits per heavy atom. The van der Waals surface area contributed by atoms with Crippen molar-refractivity contribution in [1.29, 1.82) is 0 Å². The van der Waals surface area contributed by atoms with E-state index in [-0.39, 0.29) is 0 Å². The minimum atomic E-state index is 0.906. The largest absolute Gasteiger partial charge is 0.456 e. The van der Waals surface area contributed by atoms with E-state index in [4.69, 9.17) is 4.42 Å². The summed E-state index contributed by atoms with van der Waals surface area (Å²) in [6.45, 7) is 0. The quantitative estimate of drug-likeness (QED) is 0.158. The highest BCUT2D eigenvalue weighted by Crippen LogP contribution is 2.41. The van der Waals surface area contributed by atoms with Gasteiger partial charge in [0.2, 0.25) is 0 Å². The highest BCUT2D eigenvalue weighted by molar-refractivity contribution is 6.13. The van der Waals surface area contributed by atoms with Crippen molar-refractivity contribution in [3.8, 4) is 27.9 Å². The molecule has 0 unspecified atom stereocenters. The number of aromatic nitrogens is 1. The third-order valence-electron chi connectivity index (χ3n) is 12.0. The zero-order chi connectivity index (χ0) is 38.9. The number of anilines is 3. The van der Waals surface area contributed by atoms with E-state index in [1.54, 1.807) is 0 Å². The Morgan fingerprint density at radius 3 is 1.69 bits per heavy atom. The Bertz CT molecular complexity index is 3500. The van der Waals surface area contributed by atoms with Crippen molar-refractivity contribution in [2.24, 2.45) is 0 Å². The van der Waals surface area contributed by atoms with Crippen molar-refractivity contribution in [2.45, 2.75) is 0 Å². The van der Waals surface area contributed by atoms with Crippen LogP contribution in [0.2, 0.25) is 0 Å². The van der Waals surface area contributed by atoms with Crippen LogP contribution < -0.4 is 4.90 Å². The molecule has 0 saturated heterocycles. The van der Waals surface area contributed by atoms with Gasteiger partial charge in [-0.2, -0.15) is 0 Å². The average molecular weight is 753 g/mol. The first-order valence-electron chi connectivity index (χ1n) is 20.2. The van der Waals surface area contributed by atoms with Gasteiger partial charge in [0.25, 0.3) is 0 Å². The lowest BCUT2D eigenvalue weighted by Gasteiger charge is -2.26. The molecule has 12 rings (SSSR count). The van der Waals surface area contributed by atoms with Crippen LogP contribution in [-0.4, -0.2) is 4.57 Å². The fourth-order valence-electron chi connectivity index (χ4n) is 9.22. The average Bonchev–Trinajstić information content (AvgIpc) is 3.86. The molecule has 0 amide bonds. The third kappa shape index (κ3) is 5.44. The number of hydrogen-bond acceptors (Lipinski definition) is 2. The second-order valence-electron chi connectivity index (χ2n) is 15.3. The second-order valence-corrected chi connectivity index (χ2v) is 15.3. The number of rotatable bonds is 6. The number of hydrogen-bond donors (Lipinski definition) is 0. The first kappa shape index (κ1) is 33.3. The molecule has 0 aliphatic carbocycles. The predicted octanol–water partition coefficient (Wildman–Crippen LogP) is 15.8. The monoisotopic (exact) mass is 752 g/mol. The number of benzene rings is 10. The molecule has 0 saturated carbocycles. The molecule has 0 aliphatic rings. The summed E-state index contributed by atoms with van der Waals surface area (Å²) >= 11 is 0. The lowest BCUT2D eigenvalue weighted by molar-refractivity contribution is 0.669. The van der Waals surface area contributed by atoms with Gasteiger partial charge >= 0.3 is 0 Å². The molecule has 0 aliphatic heterocycles. The summed E-state index contributed by atoms with van der Waals surface area (Å²) < 4.78 is 8.61. The molecule has 0 N–H and O–H groups in total. The van der Waals surface area contributed by atoms with E-state index >= 15 is 0 Å². The number of furan rings is 1. The summed E-state index contributed by atoms with van der Waals surface area (Å²) in [6.07, 6.45) is 0. The molecule has 59 heavy (non-hydrogen) atoms. The molecule has 10 aromatic carbocycles. The highest BCUT2D eigenvalue weighted by atomic mass is 16.3. The number of para-hydroxylation sites is 3. The van der Waals surface area contributed by atoms with Crippen molar-refractivity contribution >= 4 is 82.4 Å². The topological polar surface area (TPSA) is 21.3 Å². The molecule has 0 fully saturated rings. The normalized spacial score (nSPS) is 11.7. The second kappa shape index (κ2) is 13.4. The minimum Gasteiger partial charge on any atom is -0.456 e. The lowest BCUT2D eigenvalue weighted by atomic mass is 9.96. The maximum Gasteiger partial charge on any atom is 0.136 e. The Labute approximate surface area is 341 Å². The van der Waals surface area contributed by atoms with Gasteiger partial charge in [0.15, 0.2) is 0 Å². The number of fused-ring (bicyclic) bond motifs is 9. The molecule has 3 heteroatoms. The van der Waals surface area contributed by atoms with Crippen LogP contribution >= 0.6 is 0 Å². The summed E-state index contributed by atoms with van der Waals surface area (Å²) in [7, 11) is 0. The van der Waals surface area contributed by atoms with Gasteiger partial charge in [-0.25, -0.2) is 0 Å². The summed E-state index contributed by atoms with van der Waals surface area (Å²) in [5.74, 6) is 0. The Hall–Kier alpha value is -7.88. The van der Waals surface area contributed by atoms with Crippen molar-refractivity contribution in [3.63, 3.8) is 0 Å². The molecule has 12 aromatic rings. The molecule has 3 nitrogen and oxygen atoms in total. The minimum absolute atomic E-state index is 0.906.